The first-order chi connectivity index (χ1) is 8.24. The summed E-state index contributed by atoms with van der Waals surface area (Å²) in [4.78, 5) is 26.4. The van der Waals surface area contributed by atoms with Crippen molar-refractivity contribution in [1.29, 1.82) is 0 Å². The smallest absolute Gasteiger partial charge is 0.292 e. The number of rotatable bonds is 4. The molecular formula is C13H14N2O2. The van der Waals surface area contributed by atoms with E-state index < -0.39 is 11.7 Å². The summed E-state index contributed by atoms with van der Waals surface area (Å²) >= 11 is 0. The number of carbonyl (C=O) groups excluding carboxylic acids is 2. The fourth-order valence-electron chi connectivity index (χ4n) is 1.70. The Morgan fingerprint density at radius 2 is 2.06 bits per heavy atom. The quantitative estimate of drug-likeness (QED) is 0.622. The molecule has 0 saturated heterocycles. The van der Waals surface area contributed by atoms with E-state index in [0.29, 0.717) is 12.1 Å². The number of para-hydroxylation sites is 1. The van der Waals surface area contributed by atoms with Crippen molar-refractivity contribution in [3.63, 3.8) is 0 Å². The molecule has 0 radical (unpaired) electrons. The number of H-pyrrole nitrogens is 1. The summed E-state index contributed by atoms with van der Waals surface area (Å²) in [7, 11) is 0. The van der Waals surface area contributed by atoms with Gasteiger partial charge in [0, 0.05) is 23.6 Å². The number of nitrogens with one attached hydrogen (secondary N) is 2. The van der Waals surface area contributed by atoms with Gasteiger partial charge in [-0.05, 0) is 12.5 Å². The second kappa shape index (κ2) is 4.82. The average Bonchev–Trinajstić information content (AvgIpc) is 2.78. The molecule has 2 rings (SSSR count). The number of fused-ring (bicyclic) bond motifs is 1. The van der Waals surface area contributed by atoms with E-state index in [9.17, 15) is 9.59 Å². The van der Waals surface area contributed by atoms with Crippen molar-refractivity contribution in [3.05, 3.63) is 36.0 Å². The lowest BCUT2D eigenvalue weighted by atomic mass is 10.1. The number of aromatic amines is 1. The predicted octanol–water partition coefficient (Wildman–Crippen LogP) is 1.88. The molecular weight excluding hydrogens is 216 g/mol. The second-order valence-corrected chi connectivity index (χ2v) is 3.83. The first-order valence-corrected chi connectivity index (χ1v) is 5.62. The predicted molar refractivity (Wildman–Crippen MR) is 65.9 cm³/mol. The third-order valence-corrected chi connectivity index (χ3v) is 2.58. The molecule has 88 valence electrons. The van der Waals surface area contributed by atoms with Crippen molar-refractivity contribution in [2.75, 3.05) is 6.54 Å². The van der Waals surface area contributed by atoms with Crippen LogP contribution in [0.2, 0.25) is 0 Å². The molecule has 0 spiro atoms. The largest absolute Gasteiger partial charge is 0.360 e. The summed E-state index contributed by atoms with van der Waals surface area (Å²) < 4.78 is 0. The maximum absolute atomic E-state index is 11.9. The highest BCUT2D eigenvalue weighted by molar-refractivity contribution is 6.44. The van der Waals surface area contributed by atoms with Crippen LogP contribution in [0.3, 0.4) is 0 Å². The molecule has 0 fully saturated rings. The van der Waals surface area contributed by atoms with E-state index in [-0.39, 0.29) is 0 Å². The van der Waals surface area contributed by atoms with Crippen LogP contribution in [0.1, 0.15) is 23.7 Å². The molecule has 0 bridgehead atoms. The number of ketones is 1. The Morgan fingerprint density at radius 3 is 2.82 bits per heavy atom. The van der Waals surface area contributed by atoms with E-state index in [1.54, 1.807) is 6.20 Å². The Bertz CT molecular complexity index is 557. The topological polar surface area (TPSA) is 62.0 Å². The number of carbonyl (C=O) groups is 2. The van der Waals surface area contributed by atoms with Crippen LogP contribution < -0.4 is 5.32 Å². The number of benzene rings is 1. The normalized spacial score (nSPS) is 10.4. The zero-order valence-electron chi connectivity index (χ0n) is 9.62. The standard InChI is InChI=1S/C13H14N2O2/c1-2-7-14-13(17)12(16)10-8-15-11-6-4-3-5-9(10)11/h3-6,8,15H,2,7H2,1H3,(H,14,17). The van der Waals surface area contributed by atoms with Crippen LogP contribution in [0.5, 0.6) is 0 Å². The number of hydrogen-bond acceptors (Lipinski definition) is 2. The molecule has 1 heterocycles. The third kappa shape index (κ3) is 2.20. The summed E-state index contributed by atoms with van der Waals surface area (Å²) in [6, 6.07) is 7.42. The van der Waals surface area contributed by atoms with Crippen molar-refractivity contribution >= 4 is 22.6 Å². The van der Waals surface area contributed by atoms with Crippen molar-refractivity contribution < 1.29 is 9.59 Å². The molecule has 0 saturated carbocycles. The minimum Gasteiger partial charge on any atom is -0.360 e. The van der Waals surface area contributed by atoms with Gasteiger partial charge in [0.1, 0.15) is 0 Å². The maximum Gasteiger partial charge on any atom is 0.292 e. The van der Waals surface area contributed by atoms with E-state index in [1.807, 2.05) is 31.2 Å². The van der Waals surface area contributed by atoms with E-state index in [4.69, 9.17) is 0 Å². The van der Waals surface area contributed by atoms with Crippen molar-refractivity contribution in [3.8, 4) is 0 Å². The molecule has 4 nitrogen and oxygen atoms in total. The van der Waals surface area contributed by atoms with Crippen molar-refractivity contribution in [2.45, 2.75) is 13.3 Å². The van der Waals surface area contributed by atoms with Gasteiger partial charge in [-0.25, -0.2) is 0 Å². The molecule has 0 aliphatic heterocycles. The summed E-state index contributed by atoms with van der Waals surface area (Å²) in [5.41, 5.74) is 1.29. The van der Waals surface area contributed by atoms with Crippen LogP contribution in [0.4, 0.5) is 0 Å². The summed E-state index contributed by atoms with van der Waals surface area (Å²) in [5.74, 6) is -1.03. The van der Waals surface area contributed by atoms with Gasteiger partial charge in [0.15, 0.2) is 0 Å². The third-order valence-electron chi connectivity index (χ3n) is 2.58. The van der Waals surface area contributed by atoms with Gasteiger partial charge in [0.05, 0.1) is 5.56 Å². The number of aromatic nitrogens is 1. The van der Waals surface area contributed by atoms with Crippen LogP contribution in [0.25, 0.3) is 10.9 Å². The van der Waals surface area contributed by atoms with Crippen LogP contribution in [-0.4, -0.2) is 23.2 Å². The molecule has 2 aromatic rings. The van der Waals surface area contributed by atoms with Gasteiger partial charge in [-0.2, -0.15) is 0 Å². The fraction of sp³-hybridized carbons (Fsp3) is 0.231. The molecule has 4 heteroatoms. The minimum atomic E-state index is -0.545. The number of hydrogen-bond donors (Lipinski definition) is 2. The first kappa shape index (κ1) is 11.4. The van der Waals surface area contributed by atoms with Gasteiger partial charge < -0.3 is 10.3 Å². The molecule has 1 aromatic heterocycles. The highest BCUT2D eigenvalue weighted by Gasteiger charge is 2.18. The van der Waals surface area contributed by atoms with Gasteiger partial charge >= 0.3 is 0 Å². The minimum absolute atomic E-state index is 0.425. The Labute approximate surface area is 99.0 Å². The molecule has 0 aliphatic rings. The highest BCUT2D eigenvalue weighted by atomic mass is 16.2. The van der Waals surface area contributed by atoms with Crippen LogP contribution >= 0.6 is 0 Å². The second-order valence-electron chi connectivity index (χ2n) is 3.83. The molecule has 2 N–H and O–H groups in total. The van der Waals surface area contributed by atoms with Gasteiger partial charge in [0.25, 0.3) is 11.7 Å². The lowest BCUT2D eigenvalue weighted by molar-refractivity contribution is -0.116. The monoisotopic (exact) mass is 230 g/mol. The van der Waals surface area contributed by atoms with Crippen LogP contribution in [-0.2, 0) is 4.79 Å². The number of amides is 1. The van der Waals surface area contributed by atoms with Gasteiger partial charge in [-0.15, -0.1) is 0 Å². The summed E-state index contributed by atoms with van der Waals surface area (Å²) in [6.07, 6.45) is 2.39. The number of Topliss-reactive ketones (excluding diaryl/α,β-unsaturated/α-hetero) is 1. The first-order valence-electron chi connectivity index (χ1n) is 5.62. The summed E-state index contributed by atoms with van der Waals surface area (Å²) in [5, 5.41) is 3.36. The van der Waals surface area contributed by atoms with Crippen LogP contribution in [0.15, 0.2) is 30.5 Å². The average molecular weight is 230 g/mol. The zero-order chi connectivity index (χ0) is 12.3. The van der Waals surface area contributed by atoms with Gasteiger partial charge in [0.2, 0.25) is 0 Å². The van der Waals surface area contributed by atoms with Crippen molar-refractivity contribution in [2.24, 2.45) is 0 Å². The van der Waals surface area contributed by atoms with E-state index >= 15 is 0 Å². The lowest BCUT2D eigenvalue weighted by Crippen LogP contribution is -2.31. The molecule has 0 unspecified atom stereocenters. The molecule has 1 amide bonds. The van der Waals surface area contributed by atoms with E-state index in [1.165, 1.54) is 0 Å². The van der Waals surface area contributed by atoms with Crippen molar-refractivity contribution in [1.82, 2.24) is 10.3 Å². The molecule has 0 atom stereocenters. The zero-order valence-corrected chi connectivity index (χ0v) is 9.62. The van der Waals surface area contributed by atoms with Crippen LogP contribution in [0, 0.1) is 0 Å². The Balaban J connectivity index is 2.28. The Hall–Kier alpha value is -2.10. The fourth-order valence-corrected chi connectivity index (χ4v) is 1.70. The van der Waals surface area contributed by atoms with Gasteiger partial charge in [-0.3, -0.25) is 9.59 Å². The molecule has 17 heavy (non-hydrogen) atoms. The maximum atomic E-state index is 11.9. The highest BCUT2D eigenvalue weighted by Crippen LogP contribution is 2.17. The molecule has 0 aliphatic carbocycles. The SMILES string of the molecule is CCCNC(=O)C(=O)c1c[nH]c2ccccc12. The van der Waals surface area contributed by atoms with E-state index in [0.717, 1.165) is 17.3 Å². The van der Waals surface area contributed by atoms with Gasteiger partial charge in [-0.1, -0.05) is 25.1 Å². The van der Waals surface area contributed by atoms with E-state index in [2.05, 4.69) is 10.3 Å². The Morgan fingerprint density at radius 1 is 1.29 bits per heavy atom. The lowest BCUT2D eigenvalue weighted by Gasteiger charge is -2.01. The Kier molecular flexibility index (Phi) is 3.23. The summed E-state index contributed by atoms with van der Waals surface area (Å²) in [6.45, 7) is 2.46. The molecule has 1 aromatic carbocycles.